The van der Waals surface area contributed by atoms with Crippen molar-refractivity contribution >= 4 is 0 Å². The highest BCUT2D eigenvalue weighted by Crippen LogP contribution is 2.51. The molecule has 1 aliphatic carbocycles. The van der Waals surface area contributed by atoms with E-state index in [1.54, 1.807) is 0 Å². The highest BCUT2D eigenvalue weighted by Gasteiger charge is 2.43. The summed E-state index contributed by atoms with van der Waals surface area (Å²) < 4.78 is 0. The zero-order valence-electron chi connectivity index (χ0n) is 12.3. The molecule has 0 heterocycles. The maximum Gasteiger partial charge on any atom is -0.0329 e. The average Bonchev–Trinajstić information content (AvgIpc) is 2.57. The minimum absolute atomic E-state index is 0.875. The quantitative estimate of drug-likeness (QED) is 0.588. The van der Waals surface area contributed by atoms with Crippen LogP contribution in [-0.2, 0) is 0 Å². The van der Waals surface area contributed by atoms with Gasteiger partial charge in [0.2, 0.25) is 0 Å². The zero-order chi connectivity index (χ0) is 12.3. The molecule has 96 valence electrons. The van der Waals surface area contributed by atoms with Crippen molar-refractivity contribution in [2.75, 3.05) is 0 Å². The van der Waals surface area contributed by atoms with Crippen LogP contribution >= 0.6 is 0 Å². The summed E-state index contributed by atoms with van der Waals surface area (Å²) in [4.78, 5) is 0. The largest absolute Gasteiger partial charge is 0.0654 e. The lowest BCUT2D eigenvalue weighted by Gasteiger charge is -2.31. The molecule has 0 amide bonds. The van der Waals surface area contributed by atoms with Gasteiger partial charge in [-0.05, 0) is 41.9 Å². The van der Waals surface area contributed by atoms with Crippen LogP contribution in [0.15, 0.2) is 0 Å². The Balaban J connectivity index is 2.83. The first-order chi connectivity index (χ1) is 7.52. The van der Waals surface area contributed by atoms with E-state index in [-0.39, 0.29) is 0 Å². The molecule has 4 unspecified atom stereocenters. The summed E-state index contributed by atoms with van der Waals surface area (Å²) >= 11 is 0. The Kier molecular flexibility index (Phi) is 5.34. The predicted molar refractivity (Wildman–Crippen MR) is 73.5 cm³/mol. The van der Waals surface area contributed by atoms with Crippen LogP contribution in [0.3, 0.4) is 0 Å². The fraction of sp³-hybridized carbons (Fsp3) is 1.00. The van der Waals surface area contributed by atoms with Crippen molar-refractivity contribution in [3.8, 4) is 0 Å². The first-order valence-corrected chi connectivity index (χ1v) is 7.52. The smallest absolute Gasteiger partial charge is 0.0329 e. The summed E-state index contributed by atoms with van der Waals surface area (Å²) in [5.74, 6) is 5.76. The first kappa shape index (κ1) is 14.1. The number of rotatable bonds is 5. The standard InChI is InChI=1S/C16H32/c1-7-9-14-13(8-2)10-15(11(3)4)16(14)12(5)6/h11-16H,7-10H2,1-6H3. The Morgan fingerprint density at radius 3 is 2.00 bits per heavy atom. The molecule has 1 fully saturated rings. The Morgan fingerprint density at radius 1 is 1.00 bits per heavy atom. The van der Waals surface area contributed by atoms with Gasteiger partial charge in [0, 0.05) is 0 Å². The van der Waals surface area contributed by atoms with Gasteiger partial charge in [-0.25, -0.2) is 0 Å². The maximum absolute atomic E-state index is 2.45. The van der Waals surface area contributed by atoms with Crippen molar-refractivity contribution in [3.63, 3.8) is 0 Å². The van der Waals surface area contributed by atoms with E-state index in [0.29, 0.717) is 0 Å². The number of hydrogen-bond donors (Lipinski definition) is 0. The molecule has 0 aromatic rings. The fourth-order valence-electron chi connectivity index (χ4n) is 4.25. The van der Waals surface area contributed by atoms with Crippen LogP contribution in [0.5, 0.6) is 0 Å². The fourth-order valence-corrected chi connectivity index (χ4v) is 4.25. The Hall–Kier alpha value is 0. The lowest BCUT2D eigenvalue weighted by molar-refractivity contribution is 0.172. The van der Waals surface area contributed by atoms with Crippen molar-refractivity contribution in [2.45, 2.75) is 67.2 Å². The molecule has 0 aromatic heterocycles. The molecule has 1 rings (SSSR count). The molecule has 0 aromatic carbocycles. The molecule has 1 saturated carbocycles. The molecule has 0 nitrogen and oxygen atoms in total. The second-order valence-corrected chi connectivity index (χ2v) is 6.59. The van der Waals surface area contributed by atoms with Crippen LogP contribution < -0.4 is 0 Å². The van der Waals surface area contributed by atoms with Crippen LogP contribution in [0, 0.1) is 35.5 Å². The van der Waals surface area contributed by atoms with E-state index in [2.05, 4.69) is 41.5 Å². The molecule has 4 atom stereocenters. The molecular weight excluding hydrogens is 192 g/mol. The summed E-state index contributed by atoms with van der Waals surface area (Å²) in [7, 11) is 0. The molecule has 16 heavy (non-hydrogen) atoms. The van der Waals surface area contributed by atoms with Crippen LogP contribution in [0.2, 0.25) is 0 Å². The van der Waals surface area contributed by atoms with Crippen molar-refractivity contribution in [1.29, 1.82) is 0 Å². The molecule has 0 aliphatic heterocycles. The Bertz CT molecular complexity index is 192. The van der Waals surface area contributed by atoms with Gasteiger partial charge in [0.05, 0.1) is 0 Å². The molecule has 0 saturated heterocycles. The van der Waals surface area contributed by atoms with E-state index in [9.17, 15) is 0 Å². The minimum Gasteiger partial charge on any atom is -0.0654 e. The van der Waals surface area contributed by atoms with E-state index < -0.39 is 0 Å². The summed E-state index contributed by atoms with van der Waals surface area (Å²) in [6, 6.07) is 0. The van der Waals surface area contributed by atoms with Gasteiger partial charge >= 0.3 is 0 Å². The van der Waals surface area contributed by atoms with Crippen LogP contribution in [0.1, 0.15) is 67.2 Å². The van der Waals surface area contributed by atoms with Gasteiger partial charge in [0.15, 0.2) is 0 Å². The van der Waals surface area contributed by atoms with Crippen molar-refractivity contribution in [1.82, 2.24) is 0 Å². The topological polar surface area (TPSA) is 0 Å². The van der Waals surface area contributed by atoms with Crippen molar-refractivity contribution < 1.29 is 0 Å². The Morgan fingerprint density at radius 2 is 1.62 bits per heavy atom. The summed E-state index contributed by atoms with van der Waals surface area (Å²) in [6.45, 7) is 14.5. The van der Waals surface area contributed by atoms with Gasteiger partial charge in [-0.3, -0.25) is 0 Å². The van der Waals surface area contributed by atoms with E-state index in [0.717, 1.165) is 35.5 Å². The molecule has 0 radical (unpaired) electrons. The van der Waals surface area contributed by atoms with E-state index >= 15 is 0 Å². The van der Waals surface area contributed by atoms with Gasteiger partial charge < -0.3 is 0 Å². The third-order valence-corrected chi connectivity index (χ3v) is 4.94. The molecule has 0 N–H and O–H groups in total. The minimum atomic E-state index is 0.875. The molecule has 0 bridgehead atoms. The lowest BCUT2D eigenvalue weighted by atomic mass is 9.74. The summed E-state index contributed by atoms with van der Waals surface area (Å²) in [5.41, 5.74) is 0. The third-order valence-electron chi connectivity index (χ3n) is 4.94. The van der Waals surface area contributed by atoms with Crippen LogP contribution in [0.25, 0.3) is 0 Å². The van der Waals surface area contributed by atoms with Crippen molar-refractivity contribution in [3.05, 3.63) is 0 Å². The second-order valence-electron chi connectivity index (χ2n) is 6.59. The highest BCUT2D eigenvalue weighted by atomic mass is 14.5. The summed E-state index contributed by atoms with van der Waals surface area (Å²) in [6.07, 6.45) is 5.73. The molecular formula is C16H32. The molecule has 0 heteroatoms. The highest BCUT2D eigenvalue weighted by molar-refractivity contribution is 4.92. The SMILES string of the molecule is CCCC1C(CC)CC(C(C)C)C1C(C)C. The number of hydrogen-bond acceptors (Lipinski definition) is 0. The van der Waals surface area contributed by atoms with Gasteiger partial charge in [-0.1, -0.05) is 60.8 Å². The lowest BCUT2D eigenvalue weighted by Crippen LogP contribution is -2.25. The van der Waals surface area contributed by atoms with Gasteiger partial charge in [0.1, 0.15) is 0 Å². The van der Waals surface area contributed by atoms with E-state index in [4.69, 9.17) is 0 Å². The van der Waals surface area contributed by atoms with Gasteiger partial charge in [-0.2, -0.15) is 0 Å². The molecule has 0 spiro atoms. The summed E-state index contributed by atoms with van der Waals surface area (Å²) in [5, 5.41) is 0. The monoisotopic (exact) mass is 224 g/mol. The maximum atomic E-state index is 2.45. The second kappa shape index (κ2) is 6.07. The third kappa shape index (κ3) is 2.81. The first-order valence-electron chi connectivity index (χ1n) is 7.52. The Labute approximate surface area is 103 Å². The van der Waals surface area contributed by atoms with E-state index in [1.165, 1.54) is 25.7 Å². The van der Waals surface area contributed by atoms with Gasteiger partial charge in [-0.15, -0.1) is 0 Å². The zero-order valence-corrected chi connectivity index (χ0v) is 12.3. The average molecular weight is 224 g/mol. The van der Waals surface area contributed by atoms with Crippen LogP contribution in [-0.4, -0.2) is 0 Å². The van der Waals surface area contributed by atoms with E-state index in [1.807, 2.05) is 0 Å². The molecule has 1 aliphatic rings. The van der Waals surface area contributed by atoms with Crippen LogP contribution in [0.4, 0.5) is 0 Å². The van der Waals surface area contributed by atoms with Crippen molar-refractivity contribution in [2.24, 2.45) is 35.5 Å². The van der Waals surface area contributed by atoms with Gasteiger partial charge in [0.25, 0.3) is 0 Å². The predicted octanol–water partition coefficient (Wildman–Crippen LogP) is 5.38. The normalized spacial score (nSPS) is 35.2.